The molecule has 0 atom stereocenters. The van der Waals surface area contributed by atoms with E-state index in [1.165, 1.54) is 87.5 Å². The van der Waals surface area contributed by atoms with Crippen molar-refractivity contribution in [3.8, 4) is 55.6 Å². The summed E-state index contributed by atoms with van der Waals surface area (Å²) in [6, 6.07) is 93.0. The summed E-state index contributed by atoms with van der Waals surface area (Å²) in [6.45, 7) is 4.76. The Morgan fingerprint density at radius 3 is 1.40 bits per heavy atom. The van der Waals surface area contributed by atoms with Crippen LogP contribution in [0.3, 0.4) is 0 Å². The molecule has 0 radical (unpaired) electrons. The Bertz CT molecular complexity index is 3340. The van der Waals surface area contributed by atoms with Crippen LogP contribution in [-0.2, 0) is 5.41 Å². The summed E-state index contributed by atoms with van der Waals surface area (Å²) in [7, 11) is -2.87. The lowest BCUT2D eigenvalue weighted by Gasteiger charge is -2.34. The predicted molar refractivity (Wildman–Crippen MR) is 278 cm³/mol. The molecule has 12 rings (SSSR count). The van der Waals surface area contributed by atoms with Gasteiger partial charge in [0.25, 0.3) is 0 Å². The van der Waals surface area contributed by atoms with E-state index in [1.54, 1.807) is 0 Å². The van der Waals surface area contributed by atoms with E-state index in [4.69, 9.17) is 0 Å². The van der Waals surface area contributed by atoms with E-state index in [2.05, 4.69) is 267 Å². The first-order valence-electron chi connectivity index (χ1n) is 22.8. The van der Waals surface area contributed by atoms with Crippen molar-refractivity contribution in [2.75, 3.05) is 4.90 Å². The zero-order valence-corrected chi connectivity index (χ0v) is 37.6. The van der Waals surface area contributed by atoms with Gasteiger partial charge in [-0.2, -0.15) is 0 Å². The second-order valence-corrected chi connectivity index (χ2v) is 21.8. The Balaban J connectivity index is 1.12. The predicted octanol–water partition coefficient (Wildman–Crippen LogP) is 13.8. The maximum Gasteiger partial charge on any atom is 0.180 e. The number of hydrogen-bond donors (Lipinski definition) is 0. The van der Waals surface area contributed by atoms with Gasteiger partial charge in [0.15, 0.2) is 8.07 Å². The van der Waals surface area contributed by atoms with Crippen LogP contribution >= 0.6 is 0 Å². The fraction of sp³-hybridized carbons (Fsp3) is 0.0476. The Labute approximate surface area is 383 Å². The molecule has 2 aliphatic rings. The van der Waals surface area contributed by atoms with Crippen molar-refractivity contribution in [3.05, 3.63) is 260 Å². The molecule has 0 N–H and O–H groups in total. The fourth-order valence-corrected chi connectivity index (χ4v) is 16.4. The molecule has 10 aromatic rings. The first-order chi connectivity index (χ1) is 32.0. The van der Waals surface area contributed by atoms with E-state index in [1.807, 2.05) is 0 Å². The highest BCUT2D eigenvalue weighted by Gasteiger charge is 2.49. The van der Waals surface area contributed by atoms with E-state index < -0.39 is 8.07 Å². The SMILES string of the molecule is CC1(C)c2ccccc2-c2ccc(N(c3ccc(-c4ccccc4-c4ccccc4)cc3)c3cc(-c4ccccc4)cc([Si]4(c5ccccc5)c5ccccc5-c5ccccc54)c3)cc21. The largest absolute Gasteiger partial charge is 0.310 e. The quantitative estimate of drug-likeness (QED) is 0.138. The molecule has 1 nitrogen and oxygen atoms in total. The number of anilines is 3. The second-order valence-electron chi connectivity index (χ2n) is 18.0. The van der Waals surface area contributed by atoms with Crippen LogP contribution in [0.25, 0.3) is 55.6 Å². The maximum absolute atomic E-state index is 2.87. The van der Waals surface area contributed by atoms with Crippen LogP contribution in [0, 0.1) is 0 Å². The molecule has 0 aromatic heterocycles. The Morgan fingerprint density at radius 2 is 0.769 bits per heavy atom. The average molecular weight is 846 g/mol. The van der Waals surface area contributed by atoms with Crippen molar-refractivity contribution in [2.24, 2.45) is 0 Å². The Kier molecular flexibility index (Phi) is 9.26. The Morgan fingerprint density at radius 1 is 0.292 bits per heavy atom. The molecular formula is C63H47NSi. The highest BCUT2D eigenvalue weighted by atomic mass is 28.3. The van der Waals surface area contributed by atoms with E-state index in [9.17, 15) is 0 Å². The van der Waals surface area contributed by atoms with Crippen LogP contribution in [0.1, 0.15) is 25.0 Å². The van der Waals surface area contributed by atoms with E-state index in [-0.39, 0.29) is 5.41 Å². The Hall–Kier alpha value is -7.78. The molecule has 0 spiro atoms. The van der Waals surface area contributed by atoms with Crippen LogP contribution in [0.4, 0.5) is 17.1 Å². The van der Waals surface area contributed by atoms with Gasteiger partial charge < -0.3 is 4.90 Å². The van der Waals surface area contributed by atoms with E-state index in [0.29, 0.717) is 0 Å². The molecule has 0 saturated carbocycles. The minimum absolute atomic E-state index is 0.156. The summed E-state index contributed by atoms with van der Waals surface area (Å²) >= 11 is 0. The zero-order valence-electron chi connectivity index (χ0n) is 36.6. The molecule has 0 amide bonds. The normalized spacial score (nSPS) is 13.6. The second kappa shape index (κ2) is 15.5. The first-order valence-corrected chi connectivity index (χ1v) is 24.8. The van der Waals surface area contributed by atoms with Crippen molar-refractivity contribution in [1.29, 1.82) is 0 Å². The summed E-state index contributed by atoms with van der Waals surface area (Å²) in [5.41, 5.74) is 18.5. The van der Waals surface area contributed by atoms with Gasteiger partial charge in [0.2, 0.25) is 0 Å². The minimum atomic E-state index is -2.87. The van der Waals surface area contributed by atoms with E-state index in [0.717, 1.165) is 17.1 Å². The van der Waals surface area contributed by atoms with Gasteiger partial charge in [-0.15, -0.1) is 0 Å². The molecule has 308 valence electrons. The summed E-state index contributed by atoms with van der Waals surface area (Å²) in [4.78, 5) is 2.52. The lowest BCUT2D eigenvalue weighted by molar-refractivity contribution is 0.660. The lowest BCUT2D eigenvalue weighted by atomic mass is 9.82. The van der Waals surface area contributed by atoms with Crippen LogP contribution in [-0.4, -0.2) is 8.07 Å². The average Bonchev–Trinajstić information content (AvgIpc) is 3.80. The summed E-state index contributed by atoms with van der Waals surface area (Å²) in [6.07, 6.45) is 0. The van der Waals surface area contributed by atoms with Crippen molar-refractivity contribution < 1.29 is 0 Å². The molecule has 0 saturated heterocycles. The zero-order chi connectivity index (χ0) is 43.5. The van der Waals surface area contributed by atoms with Crippen molar-refractivity contribution in [1.82, 2.24) is 0 Å². The van der Waals surface area contributed by atoms with E-state index >= 15 is 0 Å². The third-order valence-corrected chi connectivity index (χ3v) is 19.0. The van der Waals surface area contributed by atoms with Gasteiger partial charge in [0.1, 0.15) is 0 Å². The molecule has 2 heteroatoms. The van der Waals surface area contributed by atoms with Gasteiger partial charge >= 0.3 is 0 Å². The lowest BCUT2D eigenvalue weighted by Crippen LogP contribution is -2.72. The van der Waals surface area contributed by atoms with Gasteiger partial charge in [0, 0.05) is 22.5 Å². The van der Waals surface area contributed by atoms with Gasteiger partial charge in [-0.25, -0.2) is 0 Å². The molecule has 1 heterocycles. The fourth-order valence-electron chi connectivity index (χ4n) is 11.1. The number of nitrogens with zero attached hydrogens (tertiary/aromatic N) is 1. The van der Waals surface area contributed by atoms with Crippen LogP contribution in [0.5, 0.6) is 0 Å². The van der Waals surface area contributed by atoms with Gasteiger partial charge in [-0.3, -0.25) is 0 Å². The number of rotatable bonds is 8. The van der Waals surface area contributed by atoms with Crippen LogP contribution < -0.4 is 25.6 Å². The standard InChI is InChI=1S/C63H47NSi/c1-63(2)59-31-17-14-28-55(59)56-39-38-49(43-60(56)63)64(48-36-34-46(35-37-48)54-27-13-12-26-53(54)45-22-8-4-9-23-45)50-40-47(44-20-6-3-7-21-44)41-52(42-50)65(51-24-10-5-11-25-51)61-32-18-15-29-57(61)58-30-16-19-33-62(58)65/h3-43H,1-2H3. The topological polar surface area (TPSA) is 3.24 Å². The number of fused-ring (bicyclic) bond motifs is 6. The smallest absolute Gasteiger partial charge is 0.180 e. The summed E-state index contributed by atoms with van der Waals surface area (Å²) < 4.78 is 0. The minimum Gasteiger partial charge on any atom is -0.310 e. The highest BCUT2D eigenvalue weighted by molar-refractivity contribution is 7.22. The first kappa shape index (κ1) is 38.9. The van der Waals surface area contributed by atoms with Crippen molar-refractivity contribution >= 4 is 45.9 Å². The molecular weight excluding hydrogens is 799 g/mol. The molecule has 10 aromatic carbocycles. The highest BCUT2D eigenvalue weighted by Crippen LogP contribution is 2.51. The molecule has 1 aliphatic carbocycles. The number of benzene rings is 10. The number of hydrogen-bond acceptors (Lipinski definition) is 1. The third-order valence-electron chi connectivity index (χ3n) is 14.1. The summed E-state index contributed by atoms with van der Waals surface area (Å²) in [5.74, 6) is 0. The maximum atomic E-state index is 2.54. The van der Waals surface area contributed by atoms with Gasteiger partial charge in [-0.1, -0.05) is 226 Å². The van der Waals surface area contributed by atoms with Gasteiger partial charge in [0.05, 0.1) is 0 Å². The molecule has 1 aliphatic heterocycles. The van der Waals surface area contributed by atoms with Crippen LogP contribution in [0.15, 0.2) is 249 Å². The van der Waals surface area contributed by atoms with Crippen molar-refractivity contribution in [2.45, 2.75) is 19.3 Å². The van der Waals surface area contributed by atoms with Crippen molar-refractivity contribution in [3.63, 3.8) is 0 Å². The molecule has 0 unspecified atom stereocenters. The summed E-state index contributed by atoms with van der Waals surface area (Å²) in [5, 5.41) is 5.63. The third kappa shape index (κ3) is 6.20. The monoisotopic (exact) mass is 845 g/mol. The van der Waals surface area contributed by atoms with Gasteiger partial charge in [-0.05, 0) is 124 Å². The molecule has 65 heavy (non-hydrogen) atoms. The van der Waals surface area contributed by atoms with Crippen LogP contribution in [0.2, 0.25) is 0 Å². The molecule has 0 fully saturated rings. The molecule has 0 bridgehead atoms.